The summed E-state index contributed by atoms with van der Waals surface area (Å²) in [5.74, 6) is -0.554. The van der Waals surface area contributed by atoms with Crippen LogP contribution in [0.3, 0.4) is 0 Å². The zero-order chi connectivity index (χ0) is 25.3. The lowest BCUT2D eigenvalue weighted by Crippen LogP contribution is -2.43. The number of rotatable bonds is 8. The Kier molecular flexibility index (Phi) is 8.50. The molecular formula is C30H32N2O4. The molecule has 186 valence electrons. The number of benzene rings is 3. The molecule has 6 heteroatoms. The number of nitrogens with zero attached hydrogens (tertiary/aromatic N) is 2. The minimum Gasteiger partial charge on any atom is -0.466 e. The Balaban J connectivity index is 1.46. The first-order chi connectivity index (χ1) is 17.5. The smallest absolute Gasteiger partial charge is 0.310 e. The molecule has 1 fully saturated rings. The minimum atomic E-state index is -0.249. The third-order valence-corrected chi connectivity index (χ3v) is 6.45. The lowest BCUT2D eigenvalue weighted by Gasteiger charge is -2.31. The molecule has 6 nitrogen and oxygen atoms in total. The summed E-state index contributed by atoms with van der Waals surface area (Å²) in [7, 11) is 0. The summed E-state index contributed by atoms with van der Waals surface area (Å²) in [6.07, 6.45) is 1.80. The Hall–Kier alpha value is -3.93. The lowest BCUT2D eigenvalue weighted by atomic mass is 9.97. The molecule has 0 saturated carbocycles. The first-order valence-electron chi connectivity index (χ1n) is 12.5. The summed E-state index contributed by atoms with van der Waals surface area (Å²) < 4.78 is 5.15. The number of hydrogen-bond donors (Lipinski definition) is 0. The molecule has 3 aromatic carbocycles. The van der Waals surface area contributed by atoms with Crippen LogP contribution in [-0.2, 0) is 27.3 Å². The highest BCUT2D eigenvalue weighted by atomic mass is 16.5. The van der Waals surface area contributed by atoms with Gasteiger partial charge in [0.05, 0.1) is 25.5 Å². The monoisotopic (exact) mass is 484 g/mol. The molecule has 0 N–H and O–H groups in total. The molecule has 36 heavy (non-hydrogen) atoms. The molecule has 4 rings (SSSR count). The Morgan fingerprint density at radius 2 is 1.56 bits per heavy atom. The molecule has 0 aliphatic carbocycles. The molecule has 0 radical (unpaired) electrons. The van der Waals surface area contributed by atoms with Crippen molar-refractivity contribution in [3.8, 4) is 0 Å². The second-order valence-corrected chi connectivity index (χ2v) is 9.02. The van der Waals surface area contributed by atoms with Gasteiger partial charge in [-0.05, 0) is 55.2 Å². The van der Waals surface area contributed by atoms with Crippen LogP contribution in [0.25, 0.3) is 0 Å². The highest BCUT2D eigenvalue weighted by Crippen LogP contribution is 2.23. The molecule has 1 saturated heterocycles. The summed E-state index contributed by atoms with van der Waals surface area (Å²) in [5.41, 5.74) is 3.29. The molecular weight excluding hydrogens is 452 g/mol. The number of likely N-dealkylation sites (tertiary alicyclic amines) is 1. The van der Waals surface area contributed by atoms with Crippen molar-refractivity contribution in [1.29, 1.82) is 0 Å². The SMILES string of the molecule is CCOC(=O)[C@H]1CCCN(C(=O)Cc2ccc(N(Cc3ccccc3)C(=O)c3ccccc3)cc2)C1. The van der Waals surface area contributed by atoms with E-state index in [2.05, 4.69) is 0 Å². The average molecular weight is 485 g/mol. The summed E-state index contributed by atoms with van der Waals surface area (Å²) in [6.45, 7) is 3.65. The molecule has 1 heterocycles. The van der Waals surface area contributed by atoms with Crippen LogP contribution >= 0.6 is 0 Å². The van der Waals surface area contributed by atoms with E-state index in [1.807, 2.05) is 84.9 Å². The van der Waals surface area contributed by atoms with Crippen LogP contribution in [0, 0.1) is 5.92 Å². The highest BCUT2D eigenvalue weighted by Gasteiger charge is 2.29. The van der Waals surface area contributed by atoms with Crippen molar-refractivity contribution in [1.82, 2.24) is 4.90 Å². The van der Waals surface area contributed by atoms with Crippen LogP contribution < -0.4 is 4.90 Å². The van der Waals surface area contributed by atoms with Crippen molar-refractivity contribution >= 4 is 23.5 Å². The molecule has 0 bridgehead atoms. The molecule has 3 aromatic rings. The van der Waals surface area contributed by atoms with Gasteiger partial charge in [-0.15, -0.1) is 0 Å². The number of carbonyl (C=O) groups is 3. The standard InChI is InChI=1S/C30H32N2O4/c1-2-36-30(35)26-14-9-19-31(22-26)28(33)20-23-15-17-27(18-16-23)32(21-24-10-5-3-6-11-24)29(34)25-12-7-4-8-13-25/h3-8,10-13,15-18,26H,2,9,14,19-22H2,1H3/t26-/m0/s1. The molecule has 1 atom stereocenters. The molecule has 1 aliphatic heterocycles. The number of hydrogen-bond acceptors (Lipinski definition) is 4. The van der Waals surface area contributed by atoms with Crippen molar-refractivity contribution in [2.24, 2.45) is 5.92 Å². The van der Waals surface area contributed by atoms with Gasteiger partial charge in [-0.3, -0.25) is 14.4 Å². The van der Waals surface area contributed by atoms with E-state index in [4.69, 9.17) is 4.74 Å². The van der Waals surface area contributed by atoms with Gasteiger partial charge in [0.2, 0.25) is 5.91 Å². The van der Waals surface area contributed by atoms with Gasteiger partial charge in [-0.25, -0.2) is 0 Å². The molecule has 0 aromatic heterocycles. The highest BCUT2D eigenvalue weighted by molar-refractivity contribution is 6.06. The number of esters is 1. The van der Waals surface area contributed by atoms with E-state index in [0.29, 0.717) is 31.8 Å². The fourth-order valence-electron chi connectivity index (χ4n) is 4.52. The third kappa shape index (κ3) is 6.39. The Bertz CT molecular complexity index is 1160. The van der Waals surface area contributed by atoms with Gasteiger partial charge in [-0.2, -0.15) is 0 Å². The number of amides is 2. The van der Waals surface area contributed by atoms with Gasteiger partial charge in [0, 0.05) is 24.3 Å². The zero-order valence-corrected chi connectivity index (χ0v) is 20.6. The first kappa shape index (κ1) is 25.2. The normalized spacial score (nSPS) is 15.2. The van der Waals surface area contributed by atoms with E-state index >= 15 is 0 Å². The predicted molar refractivity (Wildman–Crippen MR) is 139 cm³/mol. The van der Waals surface area contributed by atoms with Crippen molar-refractivity contribution in [3.63, 3.8) is 0 Å². The van der Waals surface area contributed by atoms with Gasteiger partial charge in [0.25, 0.3) is 5.91 Å². The Labute approximate surface area is 212 Å². The van der Waals surface area contributed by atoms with Gasteiger partial charge < -0.3 is 14.5 Å². The van der Waals surface area contributed by atoms with Crippen molar-refractivity contribution in [3.05, 3.63) is 102 Å². The van der Waals surface area contributed by atoms with Gasteiger partial charge >= 0.3 is 5.97 Å². The van der Waals surface area contributed by atoms with E-state index in [1.54, 1.807) is 16.7 Å². The topological polar surface area (TPSA) is 66.9 Å². The summed E-state index contributed by atoms with van der Waals surface area (Å²) in [4.78, 5) is 42.0. The summed E-state index contributed by atoms with van der Waals surface area (Å²) in [6, 6.07) is 26.7. The van der Waals surface area contributed by atoms with E-state index < -0.39 is 0 Å². The van der Waals surface area contributed by atoms with Gasteiger partial charge in [-0.1, -0.05) is 60.7 Å². The molecule has 1 aliphatic rings. The quantitative estimate of drug-likeness (QED) is 0.428. The first-order valence-corrected chi connectivity index (χ1v) is 12.5. The van der Waals surface area contributed by atoms with Crippen LogP contribution in [0.4, 0.5) is 5.69 Å². The maximum Gasteiger partial charge on any atom is 0.310 e. The van der Waals surface area contributed by atoms with E-state index in [0.717, 1.165) is 29.7 Å². The van der Waals surface area contributed by atoms with Crippen molar-refractivity contribution < 1.29 is 19.1 Å². The maximum atomic E-state index is 13.4. The number of anilines is 1. The van der Waals surface area contributed by atoms with Crippen molar-refractivity contribution in [2.75, 3.05) is 24.6 Å². The maximum absolute atomic E-state index is 13.4. The minimum absolute atomic E-state index is 0.00162. The van der Waals surface area contributed by atoms with Gasteiger partial charge in [0.1, 0.15) is 0 Å². The molecule has 0 spiro atoms. The van der Waals surface area contributed by atoms with Crippen LogP contribution in [0.15, 0.2) is 84.9 Å². The number of piperidine rings is 1. The predicted octanol–water partition coefficient (Wildman–Crippen LogP) is 4.88. The van der Waals surface area contributed by atoms with Crippen LogP contribution in [-0.4, -0.2) is 42.4 Å². The Morgan fingerprint density at radius 3 is 2.22 bits per heavy atom. The van der Waals surface area contributed by atoms with Crippen LogP contribution in [0.2, 0.25) is 0 Å². The summed E-state index contributed by atoms with van der Waals surface area (Å²) in [5, 5.41) is 0. The number of ether oxygens (including phenoxy) is 1. The van der Waals surface area contributed by atoms with E-state index in [-0.39, 0.29) is 30.1 Å². The number of carbonyl (C=O) groups excluding carboxylic acids is 3. The fourth-order valence-corrected chi connectivity index (χ4v) is 4.52. The van der Waals surface area contributed by atoms with Crippen LogP contribution in [0.1, 0.15) is 41.3 Å². The third-order valence-electron chi connectivity index (χ3n) is 6.45. The fraction of sp³-hybridized carbons (Fsp3) is 0.300. The van der Waals surface area contributed by atoms with E-state index in [1.165, 1.54) is 0 Å². The van der Waals surface area contributed by atoms with Crippen molar-refractivity contribution in [2.45, 2.75) is 32.7 Å². The summed E-state index contributed by atoms with van der Waals surface area (Å²) >= 11 is 0. The van der Waals surface area contributed by atoms with Gasteiger partial charge in [0.15, 0.2) is 0 Å². The molecule has 2 amide bonds. The largest absolute Gasteiger partial charge is 0.466 e. The second kappa shape index (κ2) is 12.2. The second-order valence-electron chi connectivity index (χ2n) is 9.02. The van der Waals surface area contributed by atoms with Crippen LogP contribution in [0.5, 0.6) is 0 Å². The average Bonchev–Trinajstić information content (AvgIpc) is 2.93. The molecule has 0 unspecified atom stereocenters. The van der Waals surface area contributed by atoms with E-state index in [9.17, 15) is 14.4 Å². The Morgan fingerprint density at radius 1 is 0.889 bits per heavy atom. The zero-order valence-electron chi connectivity index (χ0n) is 20.6. The lowest BCUT2D eigenvalue weighted by molar-refractivity contribution is -0.151.